The van der Waals surface area contributed by atoms with Crippen LogP contribution in [0.4, 0.5) is 0 Å². The molecule has 2 N–H and O–H groups in total. The summed E-state index contributed by atoms with van der Waals surface area (Å²) < 4.78 is 0. The van der Waals surface area contributed by atoms with Crippen LogP contribution in [0.25, 0.3) is 0 Å². The highest BCUT2D eigenvalue weighted by Gasteiger charge is 1.59. The van der Waals surface area contributed by atoms with Crippen LogP contribution in [-0.2, 0) is 0 Å². The van der Waals surface area contributed by atoms with Gasteiger partial charge in [-0.15, -0.1) is 0 Å². The minimum absolute atomic E-state index is 1.43. The quantitative estimate of drug-likeness (QED) is 0.318. The van der Waals surface area contributed by atoms with Crippen molar-refractivity contribution in [3.05, 3.63) is 0 Å². The van der Waals surface area contributed by atoms with E-state index in [1.54, 1.807) is 12.2 Å². The van der Waals surface area contributed by atoms with Gasteiger partial charge in [0.2, 0.25) is 7.41 Å². The van der Waals surface area contributed by atoms with E-state index in [4.69, 9.17) is 5.21 Å². The number of rotatable bonds is 1. The van der Waals surface area contributed by atoms with Crippen LogP contribution < -0.4 is 5.39 Å². The molecule has 0 fully saturated rings. The van der Waals surface area contributed by atoms with Gasteiger partial charge in [-0.3, -0.25) is 5.39 Å². The summed E-state index contributed by atoms with van der Waals surface area (Å²) in [4.78, 5) is 0. The van der Waals surface area contributed by atoms with E-state index in [-0.39, 0.29) is 0 Å². The van der Waals surface area contributed by atoms with Gasteiger partial charge < -0.3 is 5.21 Å². The molecule has 0 atom stereocenters. The van der Waals surface area contributed by atoms with E-state index in [1.165, 1.54) is 7.41 Å². The zero-order valence-electron chi connectivity index (χ0n) is 2.52. The van der Waals surface area contributed by atoms with Gasteiger partial charge in [0.15, 0.2) is 0 Å². The zero-order chi connectivity index (χ0) is 3.41. The number of hydrogen-bond donors (Lipinski definition) is 2. The Hall–Kier alpha value is -0.0151. The molecule has 0 saturated carbocycles. The molecule has 23 valence electrons. The van der Waals surface area contributed by atoms with Crippen LogP contribution in [0.1, 0.15) is 0 Å². The fraction of sp³-hybridized carbons (Fsp3) is 1.00. The van der Waals surface area contributed by atoms with Gasteiger partial charge in [-0.2, -0.15) is 0 Å². The molecule has 0 amide bonds. The lowest BCUT2D eigenvalue weighted by Gasteiger charge is -1.72. The molecular formula is CH5BNO. The minimum Gasteiger partial charge on any atom is -0.329 e. The van der Waals surface area contributed by atoms with E-state index >= 15 is 0 Å². The van der Waals surface area contributed by atoms with Gasteiger partial charge in [-0.05, 0) is 0 Å². The highest BCUT2D eigenvalue weighted by molar-refractivity contribution is 6.29. The first-order valence-corrected chi connectivity index (χ1v) is 1.09. The second-order valence-electron chi connectivity index (χ2n) is 0.418. The number of nitrogens with one attached hydrogen (secondary N) is 1. The summed E-state index contributed by atoms with van der Waals surface area (Å²) >= 11 is 0. The Morgan fingerprint density at radius 1 is 2.00 bits per heavy atom. The van der Waals surface area contributed by atoms with Crippen molar-refractivity contribution in [2.75, 3.05) is 0 Å². The summed E-state index contributed by atoms with van der Waals surface area (Å²) in [5.41, 5.74) is 0. The van der Waals surface area contributed by atoms with Crippen LogP contribution in [0.5, 0.6) is 0 Å². The summed E-state index contributed by atoms with van der Waals surface area (Å²) in [5, 5.41) is 9.38. The van der Waals surface area contributed by atoms with Gasteiger partial charge in [0, 0.05) is 0 Å². The average Bonchev–Trinajstić information content (AvgIpc) is 1.37. The van der Waals surface area contributed by atoms with Gasteiger partial charge >= 0.3 is 0 Å². The Morgan fingerprint density at radius 3 is 2.25 bits per heavy atom. The molecule has 0 spiro atoms. The van der Waals surface area contributed by atoms with E-state index in [2.05, 4.69) is 0 Å². The molecule has 4 heavy (non-hydrogen) atoms. The van der Waals surface area contributed by atoms with Crippen molar-refractivity contribution in [2.45, 2.75) is 6.82 Å². The molecule has 0 saturated heterocycles. The second-order valence-corrected chi connectivity index (χ2v) is 0.418. The lowest BCUT2D eigenvalue weighted by Crippen LogP contribution is -2.07. The largest absolute Gasteiger partial charge is 0.329 e. The Bertz CT molecular complexity index is 10.0. The Morgan fingerprint density at radius 2 is 2.25 bits per heavy atom. The van der Waals surface area contributed by atoms with Gasteiger partial charge in [0.25, 0.3) is 0 Å². The molecule has 0 aliphatic carbocycles. The zero-order valence-corrected chi connectivity index (χ0v) is 2.52. The Labute approximate surface area is 26.0 Å². The minimum atomic E-state index is 1.43. The first kappa shape index (κ1) is 3.98. The molecular weight excluding hydrogens is 52.8 g/mol. The molecule has 0 aromatic heterocycles. The molecule has 2 nitrogen and oxygen atoms in total. The molecule has 0 aliphatic rings. The molecule has 0 aromatic rings. The lowest BCUT2D eigenvalue weighted by molar-refractivity contribution is 0.246. The predicted octanol–water partition coefficient (Wildman–Crippen LogP) is -0.368. The smallest absolute Gasteiger partial charge is 0.237 e. The SMILES string of the molecule is C[B]NO. The fourth-order valence-electron chi connectivity index (χ4n) is 0. The van der Waals surface area contributed by atoms with Gasteiger partial charge in [-0.25, -0.2) is 0 Å². The van der Waals surface area contributed by atoms with E-state index in [0.29, 0.717) is 0 Å². The van der Waals surface area contributed by atoms with Crippen molar-refractivity contribution in [3.8, 4) is 0 Å². The normalized spacial score (nSPS) is 6.50. The third-order valence-corrected chi connectivity index (χ3v) is 0.129. The first-order chi connectivity index (χ1) is 1.91. The third kappa shape index (κ3) is 1.98. The average molecular weight is 57.9 g/mol. The van der Waals surface area contributed by atoms with Crippen molar-refractivity contribution < 1.29 is 5.21 Å². The Kier molecular flexibility index (Phi) is 2.97. The van der Waals surface area contributed by atoms with Crippen LogP contribution in [-0.4, -0.2) is 12.6 Å². The van der Waals surface area contributed by atoms with Gasteiger partial charge in [0.1, 0.15) is 0 Å². The summed E-state index contributed by atoms with van der Waals surface area (Å²) in [6.07, 6.45) is 0. The maximum absolute atomic E-state index is 7.57. The maximum atomic E-state index is 7.57. The van der Waals surface area contributed by atoms with Crippen LogP contribution in [0.2, 0.25) is 6.82 Å². The predicted molar refractivity (Wildman–Crippen MR) is 16.5 cm³/mol. The molecule has 0 bridgehead atoms. The highest BCUT2D eigenvalue weighted by atomic mass is 16.4. The topological polar surface area (TPSA) is 32.3 Å². The lowest BCUT2D eigenvalue weighted by atomic mass is 10.0. The van der Waals surface area contributed by atoms with Crippen molar-refractivity contribution >= 4 is 7.41 Å². The molecule has 0 aromatic carbocycles. The van der Waals surface area contributed by atoms with E-state index in [1.807, 2.05) is 0 Å². The monoisotopic (exact) mass is 58.0 g/mol. The molecule has 1 radical (unpaired) electrons. The van der Waals surface area contributed by atoms with Crippen molar-refractivity contribution in [3.63, 3.8) is 0 Å². The summed E-state index contributed by atoms with van der Waals surface area (Å²) in [6.45, 7) is 1.69. The maximum Gasteiger partial charge on any atom is 0.237 e. The number of hydrogen-bond acceptors (Lipinski definition) is 2. The molecule has 0 unspecified atom stereocenters. The van der Waals surface area contributed by atoms with Crippen molar-refractivity contribution in [1.29, 1.82) is 0 Å². The molecule has 3 heteroatoms. The molecule has 0 heterocycles. The first-order valence-electron chi connectivity index (χ1n) is 1.09. The van der Waals surface area contributed by atoms with E-state index in [9.17, 15) is 0 Å². The van der Waals surface area contributed by atoms with Gasteiger partial charge in [-0.1, -0.05) is 6.82 Å². The summed E-state index contributed by atoms with van der Waals surface area (Å²) in [5.74, 6) is 0. The highest BCUT2D eigenvalue weighted by Crippen LogP contribution is 1.29. The fourth-order valence-corrected chi connectivity index (χ4v) is 0. The van der Waals surface area contributed by atoms with Crippen LogP contribution in [0.3, 0.4) is 0 Å². The van der Waals surface area contributed by atoms with Gasteiger partial charge in [0.05, 0.1) is 0 Å². The third-order valence-electron chi connectivity index (χ3n) is 0.129. The Balaban J connectivity index is 1.97. The second kappa shape index (κ2) is 2.98. The van der Waals surface area contributed by atoms with E-state index < -0.39 is 0 Å². The van der Waals surface area contributed by atoms with Crippen LogP contribution in [0, 0.1) is 0 Å². The molecule has 0 aliphatic heterocycles. The van der Waals surface area contributed by atoms with Crippen LogP contribution >= 0.6 is 0 Å². The molecule has 0 rings (SSSR count). The van der Waals surface area contributed by atoms with E-state index in [0.717, 1.165) is 0 Å². The van der Waals surface area contributed by atoms with Crippen molar-refractivity contribution in [1.82, 2.24) is 5.39 Å². The van der Waals surface area contributed by atoms with Crippen molar-refractivity contribution in [2.24, 2.45) is 0 Å². The summed E-state index contributed by atoms with van der Waals surface area (Å²) in [7, 11) is 1.43. The standard InChI is InChI=1S/CH5BNO/c1-2-3-4/h3-4H,1H3. The summed E-state index contributed by atoms with van der Waals surface area (Å²) in [6, 6.07) is 0. The van der Waals surface area contributed by atoms with Crippen LogP contribution in [0.15, 0.2) is 0 Å².